The third kappa shape index (κ3) is 4.66. The summed E-state index contributed by atoms with van der Waals surface area (Å²) in [6.07, 6.45) is 3.77. The number of benzene rings is 2. The second kappa shape index (κ2) is 7.92. The van der Waals surface area contributed by atoms with Crippen LogP contribution in [0.3, 0.4) is 0 Å². The molecule has 1 fully saturated rings. The Hall–Kier alpha value is -1.69. The highest BCUT2D eigenvalue weighted by atomic mass is 32.2. The largest absolute Gasteiger partial charge is 0.299 e. The van der Waals surface area contributed by atoms with Gasteiger partial charge < -0.3 is 0 Å². The maximum atomic E-state index is 12.5. The van der Waals surface area contributed by atoms with Crippen molar-refractivity contribution in [3.8, 4) is 0 Å². The molecule has 1 aliphatic rings. The van der Waals surface area contributed by atoms with Crippen LogP contribution in [0.2, 0.25) is 0 Å². The third-order valence-corrected chi connectivity index (χ3v) is 5.77. The van der Waals surface area contributed by atoms with Gasteiger partial charge >= 0.3 is 0 Å². The van der Waals surface area contributed by atoms with E-state index in [0.717, 1.165) is 30.8 Å². The molecule has 1 aliphatic heterocycles. The summed E-state index contributed by atoms with van der Waals surface area (Å²) < 4.78 is 27.7. The summed E-state index contributed by atoms with van der Waals surface area (Å²) in [6, 6.07) is 16.8. The van der Waals surface area contributed by atoms with E-state index in [-0.39, 0.29) is 0 Å². The van der Waals surface area contributed by atoms with E-state index in [9.17, 15) is 8.42 Å². The summed E-state index contributed by atoms with van der Waals surface area (Å²) in [6.45, 7) is 3.33. The molecule has 1 saturated heterocycles. The Balaban J connectivity index is 1.67. The Kier molecular flexibility index (Phi) is 5.66. The van der Waals surface area contributed by atoms with Crippen LogP contribution in [0.4, 0.5) is 0 Å². The fourth-order valence-corrected chi connectivity index (χ4v) is 4.13. The number of nitrogens with one attached hydrogen (secondary N) is 1. The highest BCUT2D eigenvalue weighted by Gasteiger charge is 2.16. The van der Waals surface area contributed by atoms with E-state index in [1.807, 2.05) is 42.5 Å². The van der Waals surface area contributed by atoms with Crippen molar-refractivity contribution in [3.05, 3.63) is 65.7 Å². The Morgan fingerprint density at radius 1 is 0.875 bits per heavy atom. The number of hydrogen-bond acceptors (Lipinski definition) is 3. The molecule has 128 valence electrons. The molecule has 24 heavy (non-hydrogen) atoms. The predicted octanol–water partition coefficient (Wildman–Crippen LogP) is 3.15. The van der Waals surface area contributed by atoms with Crippen LogP contribution in [0.1, 0.15) is 30.4 Å². The molecule has 0 aromatic heterocycles. The van der Waals surface area contributed by atoms with Gasteiger partial charge in [-0.1, -0.05) is 48.9 Å². The fourth-order valence-electron chi connectivity index (χ4n) is 3.04. The van der Waals surface area contributed by atoms with Crippen LogP contribution in [0.25, 0.3) is 0 Å². The van der Waals surface area contributed by atoms with Crippen LogP contribution in [0.5, 0.6) is 0 Å². The molecule has 1 N–H and O–H groups in total. The van der Waals surface area contributed by atoms with Crippen LogP contribution in [-0.4, -0.2) is 26.4 Å². The van der Waals surface area contributed by atoms with Crippen molar-refractivity contribution in [2.24, 2.45) is 0 Å². The highest BCUT2D eigenvalue weighted by molar-refractivity contribution is 7.89. The number of likely N-dealkylation sites (tertiary alicyclic amines) is 1. The number of hydrogen-bond donors (Lipinski definition) is 1. The number of nitrogens with zero attached hydrogens (tertiary/aromatic N) is 1. The van der Waals surface area contributed by atoms with Crippen LogP contribution in [0.15, 0.2) is 59.5 Å². The van der Waals surface area contributed by atoms with E-state index >= 15 is 0 Å². The monoisotopic (exact) mass is 344 g/mol. The van der Waals surface area contributed by atoms with Gasteiger partial charge in [-0.15, -0.1) is 0 Å². The van der Waals surface area contributed by atoms with E-state index in [1.165, 1.54) is 19.3 Å². The molecule has 0 unspecified atom stereocenters. The van der Waals surface area contributed by atoms with E-state index in [0.29, 0.717) is 11.4 Å². The summed E-state index contributed by atoms with van der Waals surface area (Å²) in [4.78, 5) is 2.74. The molecular formula is C19H24N2O2S. The lowest BCUT2D eigenvalue weighted by molar-refractivity contribution is 0.221. The molecule has 0 aliphatic carbocycles. The first-order chi connectivity index (χ1) is 11.6. The number of rotatable bonds is 6. The van der Waals surface area contributed by atoms with Gasteiger partial charge in [0.2, 0.25) is 10.0 Å². The summed E-state index contributed by atoms with van der Waals surface area (Å²) in [7, 11) is -3.49. The molecule has 2 aromatic carbocycles. The first-order valence-corrected chi connectivity index (χ1v) is 9.97. The van der Waals surface area contributed by atoms with Gasteiger partial charge in [0.1, 0.15) is 0 Å². The SMILES string of the molecule is O=S(=O)(NCc1ccccc1)c1cccc(CN2CCCCC2)c1. The van der Waals surface area contributed by atoms with Gasteiger partial charge in [-0.3, -0.25) is 4.90 Å². The summed E-state index contributed by atoms with van der Waals surface area (Å²) in [5.74, 6) is 0. The Labute approximate surface area is 144 Å². The van der Waals surface area contributed by atoms with Crippen molar-refractivity contribution < 1.29 is 8.42 Å². The molecule has 0 bridgehead atoms. The van der Waals surface area contributed by atoms with E-state index in [4.69, 9.17) is 0 Å². The van der Waals surface area contributed by atoms with Crippen LogP contribution in [-0.2, 0) is 23.1 Å². The molecule has 0 spiro atoms. The lowest BCUT2D eigenvalue weighted by Gasteiger charge is -2.26. The highest BCUT2D eigenvalue weighted by Crippen LogP contribution is 2.16. The Morgan fingerprint density at radius 3 is 2.33 bits per heavy atom. The second-order valence-electron chi connectivity index (χ2n) is 6.29. The minimum absolute atomic E-state index is 0.305. The zero-order valence-electron chi connectivity index (χ0n) is 13.8. The van der Waals surface area contributed by atoms with Crippen molar-refractivity contribution in [2.45, 2.75) is 37.2 Å². The first-order valence-electron chi connectivity index (χ1n) is 8.48. The van der Waals surface area contributed by atoms with Crippen molar-refractivity contribution in [2.75, 3.05) is 13.1 Å². The summed E-state index contributed by atoms with van der Waals surface area (Å²) in [5.41, 5.74) is 2.00. The fraction of sp³-hybridized carbons (Fsp3) is 0.368. The van der Waals surface area contributed by atoms with Crippen molar-refractivity contribution in [1.82, 2.24) is 9.62 Å². The van der Waals surface area contributed by atoms with Crippen LogP contribution >= 0.6 is 0 Å². The van der Waals surface area contributed by atoms with Gasteiger partial charge in [0.05, 0.1) is 4.90 Å². The molecule has 3 rings (SSSR count). The minimum Gasteiger partial charge on any atom is -0.299 e. The lowest BCUT2D eigenvalue weighted by atomic mass is 10.1. The summed E-state index contributed by atoms with van der Waals surface area (Å²) in [5, 5.41) is 0. The standard InChI is InChI=1S/C19H24N2O2S/c22-24(23,20-15-17-8-3-1-4-9-17)19-11-7-10-18(14-19)16-21-12-5-2-6-13-21/h1,3-4,7-11,14,20H,2,5-6,12-13,15-16H2. The maximum absolute atomic E-state index is 12.5. The van der Waals surface area contributed by atoms with Gasteiger partial charge in [0.25, 0.3) is 0 Å². The zero-order chi connectivity index (χ0) is 16.8. The normalized spacial score (nSPS) is 16.2. The van der Waals surface area contributed by atoms with E-state index < -0.39 is 10.0 Å². The van der Waals surface area contributed by atoms with Gasteiger partial charge in [-0.05, 0) is 49.2 Å². The minimum atomic E-state index is -3.49. The van der Waals surface area contributed by atoms with E-state index in [2.05, 4.69) is 9.62 Å². The topological polar surface area (TPSA) is 49.4 Å². The van der Waals surface area contributed by atoms with Crippen molar-refractivity contribution >= 4 is 10.0 Å². The van der Waals surface area contributed by atoms with Gasteiger partial charge in [-0.25, -0.2) is 13.1 Å². The van der Waals surface area contributed by atoms with Crippen molar-refractivity contribution in [3.63, 3.8) is 0 Å². The molecule has 1 heterocycles. The molecule has 0 saturated carbocycles. The molecule has 5 heteroatoms. The van der Waals surface area contributed by atoms with Gasteiger partial charge in [0, 0.05) is 13.1 Å². The summed E-state index contributed by atoms with van der Waals surface area (Å²) >= 11 is 0. The maximum Gasteiger partial charge on any atom is 0.240 e. The zero-order valence-corrected chi connectivity index (χ0v) is 14.6. The molecule has 0 amide bonds. The Morgan fingerprint density at radius 2 is 1.58 bits per heavy atom. The predicted molar refractivity (Wildman–Crippen MR) is 96.0 cm³/mol. The molecule has 2 aromatic rings. The molecule has 0 atom stereocenters. The van der Waals surface area contributed by atoms with Crippen molar-refractivity contribution in [1.29, 1.82) is 0 Å². The van der Waals surface area contributed by atoms with Gasteiger partial charge in [0.15, 0.2) is 0 Å². The van der Waals surface area contributed by atoms with Crippen LogP contribution in [0, 0.1) is 0 Å². The molecule has 0 radical (unpaired) electrons. The first kappa shape index (κ1) is 17.1. The lowest BCUT2D eigenvalue weighted by Crippen LogP contribution is -2.29. The number of sulfonamides is 1. The average Bonchev–Trinajstić information content (AvgIpc) is 2.62. The Bertz CT molecular complexity index is 754. The van der Waals surface area contributed by atoms with E-state index in [1.54, 1.807) is 12.1 Å². The smallest absolute Gasteiger partial charge is 0.240 e. The quantitative estimate of drug-likeness (QED) is 0.876. The number of piperidine rings is 1. The average molecular weight is 344 g/mol. The van der Waals surface area contributed by atoms with Crippen LogP contribution < -0.4 is 4.72 Å². The van der Waals surface area contributed by atoms with Gasteiger partial charge in [-0.2, -0.15) is 0 Å². The third-order valence-electron chi connectivity index (χ3n) is 4.37. The molecular weight excluding hydrogens is 320 g/mol. The second-order valence-corrected chi connectivity index (χ2v) is 8.06. The molecule has 4 nitrogen and oxygen atoms in total.